The van der Waals surface area contributed by atoms with Crippen molar-refractivity contribution in [2.24, 2.45) is 5.92 Å². The highest BCUT2D eigenvalue weighted by Gasteiger charge is 2.00. The molecule has 0 bridgehead atoms. The van der Waals surface area contributed by atoms with E-state index in [-0.39, 0.29) is 6.10 Å². The first-order valence-electron chi connectivity index (χ1n) is 2.96. The van der Waals surface area contributed by atoms with E-state index in [2.05, 4.69) is 4.74 Å². The van der Waals surface area contributed by atoms with E-state index in [4.69, 9.17) is 5.41 Å². The van der Waals surface area contributed by atoms with E-state index in [0.29, 0.717) is 5.92 Å². The highest BCUT2D eigenvalue weighted by Crippen LogP contribution is 2.03. The third-order valence-electron chi connectivity index (χ3n) is 1.23. The van der Waals surface area contributed by atoms with Gasteiger partial charge in [-0.2, -0.15) is 0 Å². The smallest absolute Gasteiger partial charge is 0.142 e. The van der Waals surface area contributed by atoms with Gasteiger partial charge in [-0.15, -0.1) is 0 Å². The summed E-state index contributed by atoms with van der Waals surface area (Å²) in [5, 5.41) is 16.4. The van der Waals surface area contributed by atoms with Gasteiger partial charge in [-0.3, -0.25) is 5.41 Å². The summed E-state index contributed by atoms with van der Waals surface area (Å²) in [6.45, 7) is 5.65. The summed E-state index contributed by atoms with van der Waals surface area (Å²) in [6.07, 6.45) is -1.09. The Hall–Kier alpha value is -0.730. The van der Waals surface area contributed by atoms with Crippen LogP contribution in [0.15, 0.2) is 0 Å². The molecule has 0 aliphatic carbocycles. The molecule has 0 fully saturated rings. The average molecular weight is 130 g/mol. The lowest BCUT2D eigenvalue weighted by molar-refractivity contribution is -0.258. The molecule has 3 heteroatoms. The Morgan fingerprint density at radius 3 is 2.00 bits per heavy atom. The predicted octanol–water partition coefficient (Wildman–Crippen LogP) is 0.343. The van der Waals surface area contributed by atoms with Gasteiger partial charge in [0, 0.05) is 6.10 Å². The molecule has 0 heterocycles. The summed E-state index contributed by atoms with van der Waals surface area (Å²) >= 11 is 0. The molecule has 0 aliphatic heterocycles. The van der Waals surface area contributed by atoms with Gasteiger partial charge in [-0.25, -0.2) is 0 Å². The van der Waals surface area contributed by atoms with Crippen molar-refractivity contribution in [3.8, 4) is 0 Å². The number of hydrogen-bond donors (Lipinski definition) is 1. The van der Waals surface area contributed by atoms with Crippen molar-refractivity contribution in [1.82, 2.24) is 0 Å². The zero-order valence-corrected chi connectivity index (χ0v) is 5.97. The topological polar surface area (TPSA) is 56.1 Å². The SMILES string of the molecule is CC(C)C(C)OC(=N)[O-]. The van der Waals surface area contributed by atoms with Crippen LogP contribution in [0.4, 0.5) is 0 Å². The van der Waals surface area contributed by atoms with Gasteiger partial charge in [-0.05, 0) is 5.92 Å². The van der Waals surface area contributed by atoms with Crippen LogP contribution in [0, 0.1) is 11.3 Å². The molecule has 0 aromatic heterocycles. The highest BCUT2D eigenvalue weighted by molar-refractivity contribution is 5.57. The van der Waals surface area contributed by atoms with Crippen molar-refractivity contribution in [3.05, 3.63) is 0 Å². The van der Waals surface area contributed by atoms with Gasteiger partial charge >= 0.3 is 0 Å². The fraction of sp³-hybridized carbons (Fsp3) is 0.833. The first kappa shape index (κ1) is 8.27. The van der Waals surface area contributed by atoms with Crippen LogP contribution < -0.4 is 5.11 Å². The minimum atomic E-state index is -0.948. The third kappa shape index (κ3) is 3.82. The maximum atomic E-state index is 10.0. The lowest BCUT2D eigenvalue weighted by atomic mass is 10.1. The molecule has 0 aliphatic rings. The standard InChI is InChI=1S/C6H13NO2/c1-4(2)5(3)9-6(7)8/h4-5H,1-3H3,(H2,7,8)/p-1. The van der Waals surface area contributed by atoms with Gasteiger partial charge in [0.15, 0.2) is 0 Å². The molecule has 0 spiro atoms. The van der Waals surface area contributed by atoms with E-state index in [1.807, 2.05) is 13.8 Å². The van der Waals surface area contributed by atoms with E-state index < -0.39 is 6.08 Å². The number of hydrogen-bond acceptors (Lipinski definition) is 3. The van der Waals surface area contributed by atoms with Gasteiger partial charge in [0.25, 0.3) is 0 Å². The van der Waals surface area contributed by atoms with Crippen LogP contribution in [0.25, 0.3) is 0 Å². The van der Waals surface area contributed by atoms with Crippen molar-refractivity contribution >= 4 is 6.08 Å². The van der Waals surface area contributed by atoms with Crippen molar-refractivity contribution in [3.63, 3.8) is 0 Å². The van der Waals surface area contributed by atoms with Gasteiger partial charge < -0.3 is 9.84 Å². The Bertz CT molecular complexity index is 101. The maximum absolute atomic E-state index is 10.0. The normalized spacial score (nSPS) is 13.3. The van der Waals surface area contributed by atoms with E-state index in [1.165, 1.54) is 0 Å². The Kier molecular flexibility index (Phi) is 3.06. The van der Waals surface area contributed by atoms with Crippen LogP contribution in [0.3, 0.4) is 0 Å². The molecule has 1 N–H and O–H groups in total. The van der Waals surface area contributed by atoms with Crippen LogP contribution in [0.5, 0.6) is 0 Å². The summed E-state index contributed by atoms with van der Waals surface area (Å²) in [7, 11) is 0. The first-order valence-corrected chi connectivity index (χ1v) is 2.96. The summed E-state index contributed by atoms with van der Waals surface area (Å²) in [6, 6.07) is 0. The summed E-state index contributed by atoms with van der Waals surface area (Å²) in [5.41, 5.74) is 0. The molecule has 0 radical (unpaired) electrons. The molecule has 0 saturated heterocycles. The van der Waals surface area contributed by atoms with Gasteiger partial charge in [0.2, 0.25) is 0 Å². The van der Waals surface area contributed by atoms with Crippen LogP contribution in [0.1, 0.15) is 20.8 Å². The lowest BCUT2D eigenvalue weighted by Gasteiger charge is -2.24. The van der Waals surface area contributed by atoms with E-state index in [0.717, 1.165) is 0 Å². The monoisotopic (exact) mass is 130 g/mol. The number of ether oxygens (including phenoxy) is 1. The molecule has 9 heavy (non-hydrogen) atoms. The van der Waals surface area contributed by atoms with Crippen molar-refractivity contribution in [1.29, 1.82) is 5.41 Å². The zero-order valence-electron chi connectivity index (χ0n) is 5.97. The molecule has 3 nitrogen and oxygen atoms in total. The molecule has 0 saturated carbocycles. The van der Waals surface area contributed by atoms with Gasteiger partial charge in [0.1, 0.15) is 6.08 Å². The second kappa shape index (κ2) is 3.33. The number of nitrogens with one attached hydrogen (secondary N) is 1. The van der Waals surface area contributed by atoms with Crippen LogP contribution >= 0.6 is 0 Å². The molecule has 0 rings (SSSR count). The fourth-order valence-electron chi connectivity index (χ4n) is 0.305. The Labute approximate surface area is 55.2 Å². The first-order chi connectivity index (χ1) is 4.04. The van der Waals surface area contributed by atoms with Crippen molar-refractivity contribution < 1.29 is 9.84 Å². The minimum Gasteiger partial charge on any atom is -0.597 e. The molecule has 0 amide bonds. The number of rotatable bonds is 2. The molecule has 1 unspecified atom stereocenters. The molecule has 1 atom stereocenters. The Balaban J connectivity index is 3.50. The zero-order chi connectivity index (χ0) is 7.44. The van der Waals surface area contributed by atoms with Crippen molar-refractivity contribution in [2.45, 2.75) is 26.9 Å². The fourth-order valence-corrected chi connectivity index (χ4v) is 0.305. The predicted molar refractivity (Wildman–Crippen MR) is 33.1 cm³/mol. The average Bonchev–Trinajstić information content (AvgIpc) is 1.63. The highest BCUT2D eigenvalue weighted by atomic mass is 16.6. The van der Waals surface area contributed by atoms with E-state index in [9.17, 15) is 5.11 Å². The van der Waals surface area contributed by atoms with Crippen LogP contribution in [-0.2, 0) is 4.74 Å². The molecule has 0 aromatic rings. The lowest BCUT2D eigenvalue weighted by Crippen LogP contribution is -2.27. The summed E-state index contributed by atoms with van der Waals surface area (Å²) in [4.78, 5) is 0. The molecular weight excluding hydrogens is 118 g/mol. The molecule has 54 valence electrons. The second-order valence-electron chi connectivity index (χ2n) is 2.35. The molecular formula is C6H12NO2-. The third-order valence-corrected chi connectivity index (χ3v) is 1.23. The maximum Gasteiger partial charge on any atom is 0.142 e. The Morgan fingerprint density at radius 2 is 1.89 bits per heavy atom. The van der Waals surface area contributed by atoms with Crippen LogP contribution in [0.2, 0.25) is 0 Å². The summed E-state index contributed by atoms with van der Waals surface area (Å²) in [5.74, 6) is 0.291. The summed E-state index contributed by atoms with van der Waals surface area (Å²) < 4.78 is 4.54. The van der Waals surface area contributed by atoms with Gasteiger partial charge in [0.05, 0.1) is 0 Å². The Morgan fingerprint density at radius 1 is 1.44 bits per heavy atom. The quantitative estimate of drug-likeness (QED) is 0.433. The minimum absolute atomic E-state index is 0.144. The molecule has 0 aromatic carbocycles. The van der Waals surface area contributed by atoms with Crippen molar-refractivity contribution in [2.75, 3.05) is 0 Å². The van der Waals surface area contributed by atoms with E-state index in [1.54, 1.807) is 6.92 Å². The van der Waals surface area contributed by atoms with Gasteiger partial charge in [-0.1, -0.05) is 20.8 Å². The van der Waals surface area contributed by atoms with Crippen LogP contribution in [-0.4, -0.2) is 12.2 Å². The largest absolute Gasteiger partial charge is 0.597 e. The van der Waals surface area contributed by atoms with E-state index >= 15 is 0 Å². The second-order valence-corrected chi connectivity index (χ2v) is 2.35.